The molecule has 10 heavy (non-hydrogen) atoms. The van der Waals surface area contributed by atoms with E-state index in [-0.39, 0.29) is 0 Å². The quantitative estimate of drug-likeness (QED) is 0.332. The molecule has 0 aliphatic rings. The first kappa shape index (κ1) is 8.70. The molecular weight excluding hydrogens is 138 g/mol. The Balaban J connectivity index is 4.61. The van der Waals surface area contributed by atoms with Crippen molar-refractivity contribution in [1.82, 2.24) is 0 Å². The lowest BCUT2D eigenvalue weighted by molar-refractivity contribution is -0.436. The van der Waals surface area contributed by atoms with Crippen molar-refractivity contribution in [3.63, 3.8) is 0 Å². The molecule has 0 amide bonds. The Kier molecular flexibility index (Phi) is 2.63. The molecule has 0 heterocycles. The molecule has 6 nitrogen and oxygen atoms in total. The summed E-state index contributed by atoms with van der Waals surface area (Å²) in [6.07, 6.45) is -1.24. The fraction of sp³-hybridized carbons (Fsp3) is 0.500. The molecule has 0 aromatic heterocycles. The summed E-state index contributed by atoms with van der Waals surface area (Å²) in [4.78, 5) is 9.20. The first-order chi connectivity index (χ1) is 4.46. The Morgan fingerprint density at radius 1 is 1.70 bits per heavy atom. The molecule has 0 fully saturated rings. The third kappa shape index (κ3) is 1.90. The Bertz CT molecular complexity index is 171. The molecule has 0 aliphatic heterocycles. The van der Waals surface area contributed by atoms with Crippen LogP contribution >= 0.6 is 0 Å². The van der Waals surface area contributed by atoms with E-state index in [9.17, 15) is 10.1 Å². The highest BCUT2D eigenvalue weighted by Gasteiger charge is 2.20. The van der Waals surface area contributed by atoms with Crippen LogP contribution in [-0.2, 0) is 0 Å². The van der Waals surface area contributed by atoms with Crippen molar-refractivity contribution in [1.29, 1.82) is 0 Å². The van der Waals surface area contributed by atoms with Crippen molar-refractivity contribution in [2.75, 3.05) is 0 Å². The fourth-order valence-corrected chi connectivity index (χ4v) is 0.499. The predicted octanol–water partition coefficient (Wildman–Crippen LogP) is -1.27. The van der Waals surface area contributed by atoms with Gasteiger partial charge in [0.15, 0.2) is 5.82 Å². The zero-order valence-corrected chi connectivity index (χ0v) is 5.44. The minimum atomic E-state index is -1.24. The molecule has 0 saturated heterocycles. The number of aliphatic hydroxyl groups is 1. The van der Waals surface area contributed by atoms with Gasteiger partial charge in [0.25, 0.3) is 0 Å². The third-order valence-corrected chi connectivity index (χ3v) is 0.888. The summed E-state index contributed by atoms with van der Waals surface area (Å²) in [6.45, 7) is 1.22. The van der Waals surface area contributed by atoms with Crippen LogP contribution in [0.4, 0.5) is 0 Å². The summed E-state index contributed by atoms with van der Waals surface area (Å²) < 4.78 is 0. The molecular formula is C4H9N3O3. The molecule has 1 atom stereocenters. The second-order valence-electron chi connectivity index (χ2n) is 1.77. The normalized spacial score (nSPS) is 12.2. The smallest absolute Gasteiger partial charge is 0.313 e. The number of hydrogen-bond acceptors (Lipinski definition) is 5. The van der Waals surface area contributed by atoms with E-state index in [4.69, 9.17) is 16.6 Å². The first-order valence-electron chi connectivity index (χ1n) is 2.54. The largest absolute Gasteiger partial charge is 0.382 e. The number of rotatable bonds is 2. The monoisotopic (exact) mass is 147 g/mol. The summed E-state index contributed by atoms with van der Waals surface area (Å²) in [6, 6.07) is 0. The van der Waals surface area contributed by atoms with Crippen molar-refractivity contribution in [3.05, 3.63) is 21.6 Å². The number of hydrogen-bond donors (Lipinski definition) is 3. The second kappa shape index (κ2) is 3.02. The molecule has 0 bridgehead atoms. The van der Waals surface area contributed by atoms with Gasteiger partial charge in [0.2, 0.25) is 0 Å². The molecule has 1 unspecified atom stereocenters. The summed E-state index contributed by atoms with van der Waals surface area (Å²) in [5, 5.41) is 18.7. The van der Waals surface area contributed by atoms with E-state index in [1.807, 2.05) is 0 Å². The van der Waals surface area contributed by atoms with Gasteiger partial charge in [-0.05, 0) is 6.92 Å². The molecule has 0 saturated carbocycles. The van der Waals surface area contributed by atoms with E-state index >= 15 is 0 Å². The number of nitrogens with two attached hydrogens (primary N) is 2. The van der Waals surface area contributed by atoms with Gasteiger partial charge in [0.1, 0.15) is 6.10 Å². The zero-order chi connectivity index (χ0) is 8.31. The highest BCUT2D eigenvalue weighted by Crippen LogP contribution is 2.01. The van der Waals surface area contributed by atoms with E-state index < -0.39 is 22.5 Å². The van der Waals surface area contributed by atoms with Crippen LogP contribution in [0.5, 0.6) is 0 Å². The lowest BCUT2D eigenvalue weighted by Gasteiger charge is -2.01. The van der Waals surface area contributed by atoms with Gasteiger partial charge in [-0.25, -0.2) is 0 Å². The van der Waals surface area contributed by atoms with Gasteiger partial charge in [-0.1, -0.05) is 0 Å². The number of aliphatic hydroxyl groups excluding tert-OH is 1. The van der Waals surface area contributed by atoms with Crippen molar-refractivity contribution < 1.29 is 10.0 Å². The average molecular weight is 147 g/mol. The van der Waals surface area contributed by atoms with E-state index in [1.165, 1.54) is 6.92 Å². The van der Waals surface area contributed by atoms with Crippen molar-refractivity contribution in [2.45, 2.75) is 13.0 Å². The molecule has 0 radical (unpaired) electrons. The SMILES string of the molecule is CC(O)C(=C(N)N)[N+](=O)[O-]. The molecule has 0 rings (SSSR count). The van der Waals surface area contributed by atoms with Crippen LogP contribution in [0.3, 0.4) is 0 Å². The Hall–Kier alpha value is -1.30. The van der Waals surface area contributed by atoms with Crippen molar-refractivity contribution in [2.24, 2.45) is 11.5 Å². The Morgan fingerprint density at radius 3 is 2.10 bits per heavy atom. The molecule has 6 heteroatoms. The predicted molar refractivity (Wildman–Crippen MR) is 34.1 cm³/mol. The van der Waals surface area contributed by atoms with Gasteiger partial charge in [-0.15, -0.1) is 0 Å². The number of nitrogens with zero attached hydrogens (tertiary/aromatic N) is 1. The molecule has 5 N–H and O–H groups in total. The summed E-state index contributed by atoms with van der Waals surface area (Å²) in [5.74, 6) is -0.458. The van der Waals surface area contributed by atoms with Crippen molar-refractivity contribution >= 4 is 0 Å². The molecule has 0 aliphatic carbocycles. The Morgan fingerprint density at radius 2 is 2.10 bits per heavy atom. The summed E-state index contributed by atoms with van der Waals surface area (Å²) in [5.41, 5.74) is 9.23. The molecule has 58 valence electrons. The minimum absolute atomic E-state index is 0.458. The van der Waals surface area contributed by atoms with E-state index in [1.54, 1.807) is 0 Å². The average Bonchev–Trinajstić information content (AvgIpc) is 1.59. The van der Waals surface area contributed by atoms with Crippen LogP contribution in [0.2, 0.25) is 0 Å². The number of nitro groups is 1. The van der Waals surface area contributed by atoms with Crippen LogP contribution in [0.25, 0.3) is 0 Å². The third-order valence-electron chi connectivity index (χ3n) is 0.888. The van der Waals surface area contributed by atoms with Crippen LogP contribution in [-0.4, -0.2) is 16.1 Å². The fourth-order valence-electron chi connectivity index (χ4n) is 0.499. The molecule has 0 aromatic rings. The standard InChI is InChI=1S/C4H9N3O3/c1-2(8)3(4(5)6)7(9)10/h2,8H,5-6H2,1H3. The van der Waals surface area contributed by atoms with E-state index in [2.05, 4.69) is 0 Å². The van der Waals surface area contributed by atoms with Gasteiger partial charge in [-0.2, -0.15) is 0 Å². The van der Waals surface area contributed by atoms with Crippen molar-refractivity contribution in [3.8, 4) is 0 Å². The van der Waals surface area contributed by atoms with Gasteiger partial charge in [0, 0.05) is 0 Å². The maximum atomic E-state index is 10.0. The topological polar surface area (TPSA) is 115 Å². The molecule has 0 spiro atoms. The van der Waals surface area contributed by atoms with Gasteiger partial charge in [-0.3, -0.25) is 10.1 Å². The highest BCUT2D eigenvalue weighted by molar-refractivity contribution is 5.02. The summed E-state index contributed by atoms with van der Waals surface area (Å²) >= 11 is 0. The van der Waals surface area contributed by atoms with Crippen LogP contribution in [0, 0.1) is 10.1 Å². The first-order valence-corrected chi connectivity index (χ1v) is 2.54. The van der Waals surface area contributed by atoms with Gasteiger partial charge in [0.05, 0.1) is 4.92 Å². The van der Waals surface area contributed by atoms with Crippen LogP contribution < -0.4 is 11.5 Å². The Labute approximate surface area is 57.3 Å². The summed E-state index contributed by atoms with van der Waals surface area (Å²) in [7, 11) is 0. The molecule has 0 aromatic carbocycles. The maximum Gasteiger partial charge on any atom is 0.313 e. The van der Waals surface area contributed by atoms with Crippen LogP contribution in [0.15, 0.2) is 11.5 Å². The zero-order valence-electron chi connectivity index (χ0n) is 5.44. The van der Waals surface area contributed by atoms with E-state index in [0.29, 0.717) is 0 Å². The highest BCUT2D eigenvalue weighted by atomic mass is 16.6. The maximum absolute atomic E-state index is 10.0. The van der Waals surface area contributed by atoms with Crippen LogP contribution in [0.1, 0.15) is 6.92 Å². The second-order valence-corrected chi connectivity index (χ2v) is 1.77. The minimum Gasteiger partial charge on any atom is -0.382 e. The van der Waals surface area contributed by atoms with Gasteiger partial charge >= 0.3 is 5.70 Å². The lowest BCUT2D eigenvalue weighted by atomic mass is 10.3. The van der Waals surface area contributed by atoms with E-state index in [0.717, 1.165) is 0 Å². The lowest BCUT2D eigenvalue weighted by Crippen LogP contribution is -2.23. The van der Waals surface area contributed by atoms with Gasteiger partial charge < -0.3 is 16.6 Å².